The van der Waals surface area contributed by atoms with Crippen molar-refractivity contribution in [3.63, 3.8) is 0 Å². The van der Waals surface area contributed by atoms with E-state index in [1.807, 2.05) is 50.2 Å². The number of nitrogens with two attached hydrogens (primary N) is 1. The zero-order valence-corrected chi connectivity index (χ0v) is 15.1. The van der Waals surface area contributed by atoms with E-state index in [4.69, 9.17) is 0 Å². The number of aryl methyl sites for hydroxylation is 2. The Kier molecular flexibility index (Phi) is 7.17. The van der Waals surface area contributed by atoms with Gasteiger partial charge in [-0.1, -0.05) is 29.8 Å². The molecule has 0 aromatic heterocycles. The number of amides is 1. The minimum atomic E-state index is -1.24. The first-order valence-electron chi connectivity index (χ1n) is 8.65. The van der Waals surface area contributed by atoms with Crippen molar-refractivity contribution in [1.29, 1.82) is 0 Å². The molecule has 2 aromatic carbocycles. The van der Waals surface area contributed by atoms with Gasteiger partial charge < -0.3 is 25.9 Å². The number of carbonyl (C=O) groups excluding carboxylic acids is 2. The van der Waals surface area contributed by atoms with Crippen LogP contribution in [-0.2, 0) is 9.59 Å². The van der Waals surface area contributed by atoms with E-state index in [9.17, 15) is 14.7 Å². The molecule has 0 heterocycles. The normalized spacial score (nSPS) is 11.6. The lowest BCUT2D eigenvalue weighted by atomic mass is 10.2. The molecule has 6 nitrogen and oxygen atoms in total. The Morgan fingerprint density at radius 3 is 2.42 bits per heavy atom. The Morgan fingerprint density at radius 1 is 1.04 bits per heavy atom. The second-order valence-corrected chi connectivity index (χ2v) is 6.36. The summed E-state index contributed by atoms with van der Waals surface area (Å²) in [6.45, 7) is 5.07. The molecule has 1 amide bonds. The predicted octanol–water partition coefficient (Wildman–Crippen LogP) is 0.426. The van der Waals surface area contributed by atoms with E-state index in [1.54, 1.807) is 17.4 Å². The first-order valence-corrected chi connectivity index (χ1v) is 8.65. The number of quaternary nitrogens is 1. The molecule has 2 rings (SSSR count). The van der Waals surface area contributed by atoms with E-state index in [0.29, 0.717) is 18.8 Å². The van der Waals surface area contributed by atoms with Crippen molar-refractivity contribution in [1.82, 2.24) is 0 Å². The Balaban J connectivity index is 1.77. The van der Waals surface area contributed by atoms with Gasteiger partial charge in [-0.15, -0.1) is 0 Å². The fourth-order valence-corrected chi connectivity index (χ4v) is 2.57. The van der Waals surface area contributed by atoms with Gasteiger partial charge in [0.1, 0.15) is 6.04 Å². The first-order chi connectivity index (χ1) is 12.4. The Bertz CT molecular complexity index is 744. The maximum Gasteiger partial charge on any atom is 0.230 e. The van der Waals surface area contributed by atoms with Crippen LogP contribution in [0.15, 0.2) is 48.5 Å². The van der Waals surface area contributed by atoms with Gasteiger partial charge in [0.25, 0.3) is 0 Å². The van der Waals surface area contributed by atoms with Crippen molar-refractivity contribution < 1.29 is 20.0 Å². The standard InChI is InChI=1S/C20H25N3O3/c1-14-6-8-16(9-7-14)23-19(24)13-18(20(25)26)22-11-10-21-17-5-3-4-15(2)12-17/h3-9,12,18,21-22H,10-11,13H2,1-2H3,(H,23,24)(H,25,26)/t18-/m1/s1. The zero-order chi connectivity index (χ0) is 18.9. The molecule has 138 valence electrons. The van der Waals surface area contributed by atoms with Gasteiger partial charge in [0.2, 0.25) is 5.91 Å². The van der Waals surface area contributed by atoms with E-state index in [2.05, 4.69) is 10.6 Å². The smallest absolute Gasteiger partial charge is 0.230 e. The number of carboxylic acids is 1. The number of nitrogens with one attached hydrogen (secondary N) is 2. The van der Waals surface area contributed by atoms with Gasteiger partial charge in [-0.25, -0.2) is 0 Å². The number of benzene rings is 2. The van der Waals surface area contributed by atoms with E-state index in [1.165, 1.54) is 0 Å². The van der Waals surface area contributed by atoms with Crippen LogP contribution in [0.1, 0.15) is 17.5 Å². The molecular weight excluding hydrogens is 330 g/mol. The summed E-state index contributed by atoms with van der Waals surface area (Å²) in [5.41, 5.74) is 3.88. The number of aliphatic carboxylic acids is 1. The average Bonchev–Trinajstić information content (AvgIpc) is 2.59. The molecule has 2 aromatic rings. The predicted molar refractivity (Wildman–Crippen MR) is 99.7 cm³/mol. The van der Waals surface area contributed by atoms with Gasteiger partial charge in [0, 0.05) is 11.4 Å². The average molecular weight is 355 g/mol. The van der Waals surface area contributed by atoms with E-state index in [0.717, 1.165) is 16.8 Å². The van der Waals surface area contributed by atoms with Gasteiger partial charge in [0.15, 0.2) is 0 Å². The molecule has 0 aliphatic heterocycles. The molecule has 0 spiro atoms. The number of rotatable bonds is 9. The van der Waals surface area contributed by atoms with Crippen molar-refractivity contribution in [2.45, 2.75) is 26.3 Å². The number of carboxylic acid groups (broad SMARTS) is 1. The van der Waals surface area contributed by atoms with E-state index in [-0.39, 0.29) is 12.3 Å². The number of carbonyl (C=O) groups is 2. The molecule has 0 saturated carbocycles. The van der Waals surface area contributed by atoms with Crippen LogP contribution in [-0.4, -0.2) is 31.0 Å². The lowest BCUT2D eigenvalue weighted by Crippen LogP contribution is -2.94. The zero-order valence-electron chi connectivity index (χ0n) is 15.1. The van der Waals surface area contributed by atoms with Crippen molar-refractivity contribution in [3.05, 3.63) is 59.7 Å². The lowest BCUT2D eigenvalue weighted by Gasteiger charge is -2.17. The molecule has 26 heavy (non-hydrogen) atoms. The highest BCUT2D eigenvalue weighted by Gasteiger charge is 2.18. The minimum absolute atomic E-state index is 0.138. The van der Waals surface area contributed by atoms with Crippen molar-refractivity contribution in [2.24, 2.45) is 0 Å². The van der Waals surface area contributed by atoms with E-state index >= 15 is 0 Å². The third-order valence-corrected chi connectivity index (χ3v) is 3.99. The monoisotopic (exact) mass is 355 g/mol. The number of hydrogen-bond acceptors (Lipinski definition) is 4. The summed E-state index contributed by atoms with van der Waals surface area (Å²) in [5, 5.41) is 18.9. The second-order valence-electron chi connectivity index (χ2n) is 6.36. The Hall–Kier alpha value is -2.86. The fraction of sp³-hybridized carbons (Fsp3) is 0.300. The van der Waals surface area contributed by atoms with Crippen LogP contribution < -0.4 is 21.1 Å². The summed E-state index contributed by atoms with van der Waals surface area (Å²) >= 11 is 0. The van der Waals surface area contributed by atoms with Crippen LogP contribution in [0, 0.1) is 13.8 Å². The van der Waals surface area contributed by atoms with Crippen molar-refractivity contribution in [3.8, 4) is 0 Å². The van der Waals surface area contributed by atoms with Crippen LogP contribution in [0.3, 0.4) is 0 Å². The summed E-state index contributed by atoms with van der Waals surface area (Å²) in [4.78, 5) is 23.4. The van der Waals surface area contributed by atoms with Gasteiger partial charge >= 0.3 is 0 Å². The molecule has 0 fully saturated rings. The van der Waals surface area contributed by atoms with Crippen LogP contribution in [0.4, 0.5) is 11.4 Å². The molecule has 4 N–H and O–H groups in total. The van der Waals surface area contributed by atoms with Crippen molar-refractivity contribution >= 4 is 23.3 Å². The third kappa shape index (κ3) is 6.57. The quantitative estimate of drug-likeness (QED) is 0.568. The van der Waals surface area contributed by atoms with Crippen LogP contribution in [0.2, 0.25) is 0 Å². The van der Waals surface area contributed by atoms with Gasteiger partial charge in [-0.3, -0.25) is 4.79 Å². The summed E-state index contributed by atoms with van der Waals surface area (Å²) in [6, 6.07) is 14.4. The molecule has 0 radical (unpaired) electrons. The van der Waals surface area contributed by atoms with Crippen LogP contribution in [0.5, 0.6) is 0 Å². The molecule has 0 saturated heterocycles. The maximum atomic E-state index is 12.1. The molecule has 0 bridgehead atoms. The van der Waals surface area contributed by atoms with Gasteiger partial charge in [-0.2, -0.15) is 0 Å². The summed E-state index contributed by atoms with van der Waals surface area (Å²) < 4.78 is 0. The Labute approximate surface area is 153 Å². The molecule has 0 aliphatic carbocycles. The highest BCUT2D eigenvalue weighted by Crippen LogP contribution is 2.09. The topological polar surface area (TPSA) is 97.9 Å². The maximum absolute atomic E-state index is 12.1. The van der Waals surface area contributed by atoms with Crippen LogP contribution in [0.25, 0.3) is 0 Å². The summed E-state index contributed by atoms with van der Waals surface area (Å²) in [6.07, 6.45) is -0.138. The summed E-state index contributed by atoms with van der Waals surface area (Å²) in [7, 11) is 0. The SMILES string of the molecule is Cc1ccc(NC(=O)C[C@@H]([NH2+]CCNc2cccc(C)c2)C(=O)[O-])cc1. The highest BCUT2D eigenvalue weighted by molar-refractivity contribution is 5.93. The first kappa shape index (κ1) is 19.5. The lowest BCUT2D eigenvalue weighted by molar-refractivity contribution is -0.680. The van der Waals surface area contributed by atoms with Crippen LogP contribution >= 0.6 is 0 Å². The Morgan fingerprint density at radius 2 is 1.77 bits per heavy atom. The van der Waals surface area contributed by atoms with Gasteiger partial charge in [0.05, 0.1) is 25.5 Å². The molecular formula is C20H25N3O3. The molecule has 0 unspecified atom stereocenters. The summed E-state index contributed by atoms with van der Waals surface area (Å²) in [5.74, 6) is -1.58. The molecule has 0 aliphatic rings. The number of hydrogen-bond donors (Lipinski definition) is 3. The minimum Gasteiger partial charge on any atom is -0.544 e. The highest BCUT2D eigenvalue weighted by atomic mass is 16.4. The fourth-order valence-electron chi connectivity index (χ4n) is 2.57. The third-order valence-electron chi connectivity index (χ3n) is 3.99. The number of anilines is 2. The van der Waals surface area contributed by atoms with E-state index < -0.39 is 12.0 Å². The molecule has 6 heteroatoms. The van der Waals surface area contributed by atoms with Gasteiger partial charge in [-0.05, 0) is 43.7 Å². The second kappa shape index (κ2) is 9.58. The molecule has 1 atom stereocenters. The largest absolute Gasteiger partial charge is 0.544 e. The van der Waals surface area contributed by atoms with Crippen molar-refractivity contribution in [2.75, 3.05) is 23.7 Å².